The van der Waals surface area contributed by atoms with Gasteiger partial charge in [-0.05, 0) is 44.0 Å². The number of nitrogens with one attached hydrogen (secondary N) is 2. The SMILES string of the molecule is CCOC(=O)C1=C(C)Nc2nc(SC)[nH]c(=O)c2[C@@H]1c1sccc1C. The molecule has 0 saturated carbocycles. The molecule has 0 aliphatic carbocycles. The van der Waals surface area contributed by atoms with Gasteiger partial charge in [0.25, 0.3) is 5.56 Å². The van der Waals surface area contributed by atoms with Crippen LogP contribution < -0.4 is 10.9 Å². The summed E-state index contributed by atoms with van der Waals surface area (Å²) in [6, 6.07) is 1.98. The van der Waals surface area contributed by atoms with Gasteiger partial charge in [0.15, 0.2) is 5.16 Å². The van der Waals surface area contributed by atoms with Gasteiger partial charge >= 0.3 is 5.97 Å². The molecule has 0 spiro atoms. The van der Waals surface area contributed by atoms with Gasteiger partial charge in [-0.1, -0.05) is 11.8 Å². The van der Waals surface area contributed by atoms with Gasteiger partial charge < -0.3 is 15.0 Å². The first-order chi connectivity index (χ1) is 12.0. The molecule has 1 atom stereocenters. The molecule has 0 unspecified atom stereocenters. The maximum absolute atomic E-state index is 12.8. The number of aryl methyl sites for hydroxylation is 1. The Kier molecular flexibility index (Phi) is 5.01. The van der Waals surface area contributed by atoms with Crippen LogP contribution in [0.2, 0.25) is 0 Å². The Morgan fingerprint density at radius 2 is 2.20 bits per heavy atom. The molecule has 0 amide bonds. The first-order valence-electron chi connectivity index (χ1n) is 7.85. The van der Waals surface area contributed by atoms with Gasteiger partial charge in [0, 0.05) is 10.6 Å². The maximum Gasteiger partial charge on any atom is 0.336 e. The van der Waals surface area contributed by atoms with Crippen molar-refractivity contribution < 1.29 is 9.53 Å². The van der Waals surface area contributed by atoms with Gasteiger partial charge in [-0.3, -0.25) is 4.79 Å². The molecule has 132 valence electrons. The number of esters is 1. The van der Waals surface area contributed by atoms with E-state index in [1.165, 1.54) is 23.1 Å². The molecule has 0 radical (unpaired) electrons. The summed E-state index contributed by atoms with van der Waals surface area (Å²) in [5, 5.41) is 5.61. The predicted octanol–water partition coefficient (Wildman–Crippen LogP) is 3.26. The lowest BCUT2D eigenvalue weighted by atomic mass is 9.85. The van der Waals surface area contributed by atoms with E-state index in [-0.39, 0.29) is 12.2 Å². The zero-order chi connectivity index (χ0) is 18.1. The van der Waals surface area contributed by atoms with Gasteiger partial charge in [-0.25, -0.2) is 9.78 Å². The van der Waals surface area contributed by atoms with E-state index < -0.39 is 11.9 Å². The molecule has 3 heterocycles. The van der Waals surface area contributed by atoms with Crippen molar-refractivity contribution in [1.82, 2.24) is 9.97 Å². The fourth-order valence-electron chi connectivity index (χ4n) is 2.95. The lowest BCUT2D eigenvalue weighted by Crippen LogP contribution is -2.31. The van der Waals surface area contributed by atoms with E-state index in [1.54, 1.807) is 6.92 Å². The molecule has 0 saturated heterocycles. The Labute approximate surface area is 153 Å². The van der Waals surface area contributed by atoms with Gasteiger partial charge in [0.2, 0.25) is 0 Å². The van der Waals surface area contributed by atoms with Gasteiger partial charge in [-0.2, -0.15) is 0 Å². The molecule has 2 aromatic heterocycles. The number of allylic oxidation sites excluding steroid dienone is 1. The monoisotopic (exact) mass is 377 g/mol. The third kappa shape index (κ3) is 3.11. The molecule has 0 bridgehead atoms. The zero-order valence-electron chi connectivity index (χ0n) is 14.4. The molecular formula is C17H19N3O3S2. The number of hydrogen-bond acceptors (Lipinski definition) is 7. The molecule has 0 aromatic carbocycles. The number of thioether (sulfide) groups is 1. The summed E-state index contributed by atoms with van der Waals surface area (Å²) in [6.07, 6.45) is 1.85. The molecule has 2 aromatic rings. The first-order valence-corrected chi connectivity index (χ1v) is 9.95. The largest absolute Gasteiger partial charge is 0.463 e. The Morgan fingerprint density at radius 1 is 1.44 bits per heavy atom. The predicted molar refractivity (Wildman–Crippen MR) is 100 cm³/mol. The topological polar surface area (TPSA) is 84.1 Å². The normalized spacial score (nSPS) is 16.4. The summed E-state index contributed by atoms with van der Waals surface area (Å²) in [6.45, 7) is 5.83. The van der Waals surface area contributed by atoms with Gasteiger partial charge in [0.05, 0.1) is 23.7 Å². The quantitative estimate of drug-likeness (QED) is 0.483. The van der Waals surface area contributed by atoms with E-state index in [0.717, 1.165) is 10.4 Å². The van der Waals surface area contributed by atoms with Crippen LogP contribution >= 0.6 is 23.1 Å². The average Bonchev–Trinajstić information content (AvgIpc) is 2.99. The van der Waals surface area contributed by atoms with Crippen LogP contribution in [0.15, 0.2) is 32.7 Å². The van der Waals surface area contributed by atoms with E-state index in [4.69, 9.17) is 4.74 Å². The molecule has 0 fully saturated rings. The number of rotatable bonds is 4. The zero-order valence-corrected chi connectivity index (χ0v) is 16.1. The Morgan fingerprint density at radius 3 is 2.80 bits per heavy atom. The second-order valence-corrected chi connectivity index (χ2v) is 7.37. The van der Waals surface area contributed by atoms with E-state index in [0.29, 0.717) is 27.8 Å². The number of carbonyl (C=O) groups is 1. The third-order valence-electron chi connectivity index (χ3n) is 4.07. The van der Waals surface area contributed by atoms with Crippen LogP contribution in [0.3, 0.4) is 0 Å². The van der Waals surface area contributed by atoms with Crippen LogP contribution in [0.4, 0.5) is 5.82 Å². The summed E-state index contributed by atoms with van der Waals surface area (Å²) < 4.78 is 5.25. The summed E-state index contributed by atoms with van der Waals surface area (Å²) in [4.78, 5) is 33.6. The van der Waals surface area contributed by atoms with E-state index in [2.05, 4.69) is 15.3 Å². The second-order valence-electron chi connectivity index (χ2n) is 5.62. The summed E-state index contributed by atoms with van der Waals surface area (Å²) in [5.74, 6) is -0.400. The van der Waals surface area contributed by atoms with Crippen LogP contribution in [0.5, 0.6) is 0 Å². The molecule has 8 heteroatoms. The van der Waals surface area contributed by atoms with Crippen LogP contribution in [-0.4, -0.2) is 28.8 Å². The highest BCUT2D eigenvalue weighted by molar-refractivity contribution is 7.98. The Balaban J connectivity index is 2.27. The highest BCUT2D eigenvalue weighted by Crippen LogP contribution is 2.42. The van der Waals surface area contributed by atoms with Crippen LogP contribution in [0.1, 0.15) is 35.8 Å². The summed E-state index contributed by atoms with van der Waals surface area (Å²) in [7, 11) is 0. The van der Waals surface area contributed by atoms with Crippen molar-refractivity contribution in [3.63, 3.8) is 0 Å². The van der Waals surface area contributed by atoms with Crippen molar-refractivity contribution in [2.45, 2.75) is 31.8 Å². The number of nitrogens with zero attached hydrogens (tertiary/aromatic N) is 1. The molecule has 1 aliphatic heterocycles. The van der Waals surface area contributed by atoms with Crippen molar-refractivity contribution in [3.8, 4) is 0 Å². The number of aromatic nitrogens is 2. The molecule has 1 aliphatic rings. The van der Waals surface area contributed by atoms with Crippen molar-refractivity contribution in [2.75, 3.05) is 18.2 Å². The lowest BCUT2D eigenvalue weighted by Gasteiger charge is -2.28. The molecular weight excluding hydrogens is 358 g/mol. The van der Waals surface area contributed by atoms with Crippen molar-refractivity contribution in [1.29, 1.82) is 0 Å². The van der Waals surface area contributed by atoms with Crippen molar-refractivity contribution >= 4 is 34.9 Å². The molecule has 6 nitrogen and oxygen atoms in total. The second kappa shape index (κ2) is 7.05. The van der Waals surface area contributed by atoms with Gasteiger partial charge in [0.1, 0.15) is 5.82 Å². The fraction of sp³-hybridized carbons (Fsp3) is 0.353. The van der Waals surface area contributed by atoms with Crippen molar-refractivity contribution in [3.05, 3.63) is 49.1 Å². The minimum absolute atomic E-state index is 0.242. The summed E-state index contributed by atoms with van der Waals surface area (Å²) in [5.41, 5.74) is 2.37. The fourth-order valence-corrected chi connectivity index (χ4v) is 4.37. The van der Waals surface area contributed by atoms with Crippen LogP contribution in [0, 0.1) is 6.92 Å². The Bertz CT molecular complexity index is 914. The van der Waals surface area contributed by atoms with Crippen LogP contribution in [0.25, 0.3) is 0 Å². The Hall–Kier alpha value is -2.06. The minimum Gasteiger partial charge on any atom is -0.463 e. The minimum atomic E-state index is -0.484. The van der Waals surface area contributed by atoms with E-state index >= 15 is 0 Å². The highest BCUT2D eigenvalue weighted by atomic mass is 32.2. The lowest BCUT2D eigenvalue weighted by molar-refractivity contribution is -0.138. The molecule has 3 rings (SSSR count). The average molecular weight is 377 g/mol. The number of hydrogen-bond donors (Lipinski definition) is 2. The third-order valence-corrected chi connectivity index (χ3v) is 5.74. The molecule has 25 heavy (non-hydrogen) atoms. The number of anilines is 1. The van der Waals surface area contributed by atoms with Crippen molar-refractivity contribution in [2.24, 2.45) is 0 Å². The number of H-pyrrole nitrogens is 1. The summed E-state index contributed by atoms with van der Waals surface area (Å²) >= 11 is 2.89. The van der Waals surface area contributed by atoms with E-state index in [1.807, 2.05) is 31.5 Å². The number of fused-ring (bicyclic) bond motifs is 1. The number of aromatic amines is 1. The van der Waals surface area contributed by atoms with Gasteiger partial charge in [-0.15, -0.1) is 11.3 Å². The molecule has 2 N–H and O–H groups in total. The van der Waals surface area contributed by atoms with Crippen LogP contribution in [-0.2, 0) is 9.53 Å². The number of carbonyl (C=O) groups excluding carboxylic acids is 1. The van der Waals surface area contributed by atoms with E-state index in [9.17, 15) is 9.59 Å². The highest BCUT2D eigenvalue weighted by Gasteiger charge is 2.37. The smallest absolute Gasteiger partial charge is 0.336 e. The maximum atomic E-state index is 12.8. The first kappa shape index (κ1) is 17.8. The number of thiophene rings is 1. The number of ether oxygens (including phenoxy) is 1. The standard InChI is InChI=1S/C17H19N3O3S2/c1-5-23-16(22)10-9(3)18-14-12(15(21)20-17(19-14)24-4)11(10)13-8(2)6-7-25-13/h6-7,11H,5H2,1-4H3,(H2,18,19,20,21)/t11-/m1/s1.